The molecule has 0 aliphatic heterocycles. The summed E-state index contributed by atoms with van der Waals surface area (Å²) < 4.78 is 6.68. The number of hydrogen-bond acceptors (Lipinski definition) is 4. The van der Waals surface area contributed by atoms with Crippen molar-refractivity contribution in [3.63, 3.8) is 0 Å². The van der Waals surface area contributed by atoms with Crippen molar-refractivity contribution in [2.75, 3.05) is 0 Å². The lowest BCUT2D eigenvalue weighted by atomic mass is 10.1. The Labute approximate surface area is 96.3 Å². The van der Waals surface area contributed by atoms with Gasteiger partial charge in [-0.15, -0.1) is 5.10 Å². The van der Waals surface area contributed by atoms with Crippen LogP contribution in [0.4, 0.5) is 0 Å². The summed E-state index contributed by atoms with van der Waals surface area (Å²) in [5, 5.41) is 8.42. The highest BCUT2D eigenvalue weighted by molar-refractivity contribution is 5.82. The third kappa shape index (κ3) is 1.44. The first-order valence-corrected chi connectivity index (χ1v) is 5.16. The van der Waals surface area contributed by atoms with Crippen LogP contribution in [0.1, 0.15) is 5.56 Å². The summed E-state index contributed by atoms with van der Waals surface area (Å²) >= 11 is 0. The number of rotatable bonds is 1. The van der Waals surface area contributed by atoms with E-state index < -0.39 is 5.63 Å². The molecule has 0 bridgehead atoms. The predicted octanol–water partition coefficient (Wildman–Crippen LogP) is 1.68. The van der Waals surface area contributed by atoms with Gasteiger partial charge in [0.25, 0.3) is 0 Å². The van der Waals surface area contributed by atoms with Gasteiger partial charge in [0.1, 0.15) is 5.58 Å². The van der Waals surface area contributed by atoms with Crippen molar-refractivity contribution in [2.24, 2.45) is 0 Å². The minimum atomic E-state index is -0.410. The minimum absolute atomic E-state index is 0.404. The van der Waals surface area contributed by atoms with Gasteiger partial charge in [0.15, 0.2) is 5.69 Å². The molecular formula is C12H9N3O2. The molecule has 0 N–H and O–H groups in total. The van der Waals surface area contributed by atoms with Crippen LogP contribution in [-0.4, -0.2) is 15.0 Å². The number of nitrogens with zero attached hydrogens (tertiary/aromatic N) is 3. The Morgan fingerprint density at radius 3 is 2.88 bits per heavy atom. The van der Waals surface area contributed by atoms with E-state index >= 15 is 0 Å². The quantitative estimate of drug-likeness (QED) is 0.593. The molecule has 2 aromatic heterocycles. The van der Waals surface area contributed by atoms with Crippen molar-refractivity contribution in [1.29, 1.82) is 0 Å². The van der Waals surface area contributed by atoms with Gasteiger partial charge < -0.3 is 4.42 Å². The summed E-state index contributed by atoms with van der Waals surface area (Å²) in [4.78, 5) is 11.9. The molecule has 5 heteroatoms. The maximum absolute atomic E-state index is 11.9. The number of aromatic nitrogens is 3. The maximum atomic E-state index is 11.9. The van der Waals surface area contributed by atoms with Crippen molar-refractivity contribution in [2.45, 2.75) is 6.92 Å². The molecule has 17 heavy (non-hydrogen) atoms. The predicted molar refractivity (Wildman–Crippen MR) is 62.1 cm³/mol. The van der Waals surface area contributed by atoms with Gasteiger partial charge in [0, 0.05) is 5.39 Å². The largest absolute Gasteiger partial charge is 0.421 e. The number of aryl methyl sites for hydroxylation is 1. The molecule has 0 radical (unpaired) electrons. The average Bonchev–Trinajstić information content (AvgIpc) is 2.83. The summed E-state index contributed by atoms with van der Waals surface area (Å²) in [6.07, 6.45) is 3.14. The van der Waals surface area contributed by atoms with Crippen LogP contribution >= 0.6 is 0 Å². The van der Waals surface area contributed by atoms with E-state index in [-0.39, 0.29) is 0 Å². The topological polar surface area (TPSA) is 60.9 Å². The van der Waals surface area contributed by atoms with E-state index in [1.165, 1.54) is 10.9 Å². The van der Waals surface area contributed by atoms with Gasteiger partial charge in [-0.05, 0) is 18.6 Å². The molecule has 0 saturated carbocycles. The fourth-order valence-corrected chi connectivity index (χ4v) is 1.89. The molecule has 84 valence electrons. The molecule has 0 saturated heterocycles. The fourth-order valence-electron chi connectivity index (χ4n) is 1.89. The molecule has 0 aliphatic carbocycles. The van der Waals surface area contributed by atoms with Crippen LogP contribution in [0, 0.1) is 6.92 Å². The third-order valence-electron chi connectivity index (χ3n) is 2.69. The Kier molecular flexibility index (Phi) is 2.04. The number of hydrogen-bond donors (Lipinski definition) is 0. The normalized spacial score (nSPS) is 10.9. The Morgan fingerprint density at radius 1 is 1.29 bits per heavy atom. The molecule has 0 fully saturated rings. The zero-order valence-corrected chi connectivity index (χ0v) is 9.12. The molecule has 0 spiro atoms. The Hall–Kier alpha value is -2.43. The first-order chi connectivity index (χ1) is 8.27. The third-order valence-corrected chi connectivity index (χ3v) is 2.69. The number of benzene rings is 1. The van der Waals surface area contributed by atoms with Crippen LogP contribution in [0.2, 0.25) is 0 Å². The van der Waals surface area contributed by atoms with Crippen molar-refractivity contribution in [3.8, 4) is 5.69 Å². The van der Waals surface area contributed by atoms with Crippen LogP contribution in [-0.2, 0) is 0 Å². The van der Waals surface area contributed by atoms with Crippen LogP contribution < -0.4 is 5.63 Å². The second kappa shape index (κ2) is 3.55. The molecule has 0 aliphatic rings. The van der Waals surface area contributed by atoms with Gasteiger partial charge in [0.05, 0.1) is 12.4 Å². The average molecular weight is 227 g/mol. The smallest absolute Gasteiger partial charge is 0.362 e. The van der Waals surface area contributed by atoms with E-state index in [0.717, 1.165) is 10.9 Å². The molecule has 5 nitrogen and oxygen atoms in total. The van der Waals surface area contributed by atoms with E-state index in [2.05, 4.69) is 10.3 Å². The Bertz CT molecular complexity index is 729. The molecule has 1 aromatic carbocycles. The summed E-state index contributed by atoms with van der Waals surface area (Å²) in [6.45, 7) is 1.87. The van der Waals surface area contributed by atoms with E-state index in [0.29, 0.717) is 11.3 Å². The van der Waals surface area contributed by atoms with Crippen LogP contribution in [0.5, 0.6) is 0 Å². The van der Waals surface area contributed by atoms with Gasteiger partial charge >= 0.3 is 5.63 Å². The highest BCUT2D eigenvalue weighted by atomic mass is 16.4. The molecule has 2 heterocycles. The van der Waals surface area contributed by atoms with Crippen molar-refractivity contribution in [1.82, 2.24) is 15.0 Å². The van der Waals surface area contributed by atoms with Crippen LogP contribution in [0.3, 0.4) is 0 Å². The first kappa shape index (κ1) is 9.77. The summed E-state index contributed by atoms with van der Waals surface area (Å²) in [6, 6.07) is 7.42. The first-order valence-electron chi connectivity index (χ1n) is 5.16. The highest BCUT2D eigenvalue weighted by Crippen LogP contribution is 2.20. The fraction of sp³-hybridized carbons (Fsp3) is 0.0833. The van der Waals surface area contributed by atoms with Crippen molar-refractivity contribution < 1.29 is 4.42 Å². The molecule has 0 amide bonds. The van der Waals surface area contributed by atoms with E-state index in [1.54, 1.807) is 12.3 Å². The summed E-state index contributed by atoms with van der Waals surface area (Å²) in [5.74, 6) is 0. The zero-order chi connectivity index (χ0) is 11.8. The molecular weight excluding hydrogens is 218 g/mol. The molecule has 3 aromatic rings. The monoisotopic (exact) mass is 227 g/mol. The second-order valence-electron chi connectivity index (χ2n) is 3.71. The number of para-hydroxylation sites is 1. The van der Waals surface area contributed by atoms with Gasteiger partial charge in [-0.2, -0.15) is 0 Å². The number of fused-ring (bicyclic) bond motifs is 1. The van der Waals surface area contributed by atoms with Gasteiger partial charge in [-0.1, -0.05) is 23.4 Å². The van der Waals surface area contributed by atoms with E-state index in [4.69, 9.17) is 4.42 Å². The molecule has 0 atom stereocenters. The maximum Gasteiger partial charge on any atom is 0.362 e. The van der Waals surface area contributed by atoms with E-state index in [9.17, 15) is 4.79 Å². The van der Waals surface area contributed by atoms with Gasteiger partial charge in [-0.3, -0.25) is 0 Å². The highest BCUT2D eigenvalue weighted by Gasteiger charge is 2.12. The minimum Gasteiger partial charge on any atom is -0.421 e. The second-order valence-corrected chi connectivity index (χ2v) is 3.71. The SMILES string of the molecule is Cc1c(-n2ccnn2)c(=O)oc2ccccc12. The summed E-state index contributed by atoms with van der Waals surface area (Å²) in [5.41, 5.74) is 1.41. The lowest BCUT2D eigenvalue weighted by Gasteiger charge is -2.06. The van der Waals surface area contributed by atoms with Gasteiger partial charge in [0.2, 0.25) is 0 Å². The van der Waals surface area contributed by atoms with Crippen molar-refractivity contribution >= 4 is 11.0 Å². The van der Waals surface area contributed by atoms with Crippen LogP contribution in [0.25, 0.3) is 16.7 Å². The van der Waals surface area contributed by atoms with Gasteiger partial charge in [-0.25, -0.2) is 9.48 Å². The Balaban J connectivity index is 2.44. The summed E-state index contributed by atoms with van der Waals surface area (Å²) in [7, 11) is 0. The van der Waals surface area contributed by atoms with Crippen molar-refractivity contribution in [3.05, 3.63) is 52.6 Å². The van der Waals surface area contributed by atoms with E-state index in [1.807, 2.05) is 25.1 Å². The Morgan fingerprint density at radius 2 is 2.12 bits per heavy atom. The standard InChI is InChI=1S/C12H9N3O2/c1-8-9-4-2-3-5-10(9)17-12(16)11(8)15-7-6-13-14-15/h2-7H,1H3. The van der Waals surface area contributed by atoms with Crippen LogP contribution in [0.15, 0.2) is 45.9 Å². The lowest BCUT2D eigenvalue weighted by molar-refractivity contribution is 0.549. The lowest BCUT2D eigenvalue weighted by Crippen LogP contribution is -2.13. The molecule has 0 unspecified atom stereocenters. The molecule has 3 rings (SSSR count). The zero-order valence-electron chi connectivity index (χ0n) is 9.12.